The number of nitrogens with one attached hydrogen (secondary N) is 2. The molecule has 0 bridgehead atoms. The summed E-state index contributed by atoms with van der Waals surface area (Å²) in [5.74, 6) is 1.02. The maximum atomic E-state index is 13.6. The van der Waals surface area contributed by atoms with Gasteiger partial charge < -0.3 is 20.1 Å². The van der Waals surface area contributed by atoms with E-state index < -0.39 is 0 Å². The van der Waals surface area contributed by atoms with E-state index in [0.717, 1.165) is 12.1 Å². The first-order valence-corrected chi connectivity index (χ1v) is 6.89. The molecule has 0 amide bonds. The highest BCUT2D eigenvalue weighted by molar-refractivity contribution is 5.79. The van der Waals surface area contributed by atoms with Crippen LogP contribution >= 0.6 is 0 Å². The lowest BCUT2D eigenvalue weighted by atomic mass is 10.1. The van der Waals surface area contributed by atoms with Crippen LogP contribution in [0.5, 0.6) is 5.75 Å². The smallest absolute Gasteiger partial charge is 0.191 e. The Bertz CT molecular complexity index is 532. The number of fused-ring (bicyclic) bond motifs is 1. The molecule has 1 aromatic rings. The van der Waals surface area contributed by atoms with Gasteiger partial charge in [-0.2, -0.15) is 0 Å². The second kappa shape index (κ2) is 7.64. The fourth-order valence-electron chi connectivity index (χ4n) is 2.05. The first-order chi connectivity index (χ1) is 10.2. The molecule has 0 unspecified atom stereocenters. The molecule has 2 rings (SSSR count). The third-order valence-electron chi connectivity index (χ3n) is 2.92. The summed E-state index contributed by atoms with van der Waals surface area (Å²) in [6.07, 6.45) is 1.75. The zero-order chi connectivity index (χ0) is 15.1. The maximum absolute atomic E-state index is 13.6. The number of hydrogen-bond donors (Lipinski definition) is 2. The molecule has 0 spiro atoms. The average molecular weight is 293 g/mol. The van der Waals surface area contributed by atoms with Crippen LogP contribution in [-0.4, -0.2) is 25.8 Å². The minimum absolute atomic E-state index is 0.185. The summed E-state index contributed by atoms with van der Waals surface area (Å²) >= 11 is 0. The van der Waals surface area contributed by atoms with Gasteiger partial charge in [0.1, 0.15) is 11.6 Å². The van der Waals surface area contributed by atoms with Crippen molar-refractivity contribution >= 4 is 5.96 Å². The summed E-state index contributed by atoms with van der Waals surface area (Å²) in [6.45, 7) is 7.86. The molecule has 0 radical (unpaired) electrons. The molecular weight excluding hydrogens is 273 g/mol. The number of rotatable bonds is 5. The van der Waals surface area contributed by atoms with Gasteiger partial charge in [-0.3, -0.25) is 0 Å². The van der Waals surface area contributed by atoms with Gasteiger partial charge in [-0.05, 0) is 19.1 Å². The first-order valence-electron chi connectivity index (χ1n) is 6.89. The zero-order valence-electron chi connectivity index (χ0n) is 12.1. The molecule has 0 atom stereocenters. The molecule has 5 nitrogen and oxygen atoms in total. The second-order valence-corrected chi connectivity index (χ2v) is 4.53. The second-order valence-electron chi connectivity index (χ2n) is 4.53. The molecule has 1 heterocycles. The van der Waals surface area contributed by atoms with E-state index in [1.165, 1.54) is 12.1 Å². The summed E-state index contributed by atoms with van der Waals surface area (Å²) in [5.41, 5.74) is 1.43. The van der Waals surface area contributed by atoms with Crippen molar-refractivity contribution in [2.75, 3.05) is 19.9 Å². The molecule has 21 heavy (non-hydrogen) atoms. The summed E-state index contributed by atoms with van der Waals surface area (Å²) in [5, 5.41) is 6.21. The predicted molar refractivity (Wildman–Crippen MR) is 79.7 cm³/mol. The maximum Gasteiger partial charge on any atom is 0.191 e. The Morgan fingerprint density at radius 2 is 2.33 bits per heavy atom. The fraction of sp³-hybridized carbons (Fsp3) is 0.400. The van der Waals surface area contributed by atoms with E-state index in [9.17, 15) is 4.39 Å². The third kappa shape index (κ3) is 4.19. The highest BCUT2D eigenvalue weighted by atomic mass is 19.1. The van der Waals surface area contributed by atoms with Crippen LogP contribution in [0.1, 0.15) is 18.1 Å². The SMILES string of the molecule is C=CCNC(=NCc1cc(F)cc2c1OCOC2)NCC. The van der Waals surface area contributed by atoms with E-state index in [2.05, 4.69) is 22.2 Å². The third-order valence-corrected chi connectivity index (χ3v) is 2.92. The van der Waals surface area contributed by atoms with E-state index >= 15 is 0 Å². The summed E-state index contributed by atoms with van der Waals surface area (Å²) < 4.78 is 24.3. The number of aliphatic imine (C=N–C) groups is 1. The van der Waals surface area contributed by atoms with E-state index in [-0.39, 0.29) is 12.6 Å². The number of guanidine groups is 1. The van der Waals surface area contributed by atoms with E-state index in [1.54, 1.807) is 6.08 Å². The van der Waals surface area contributed by atoms with Crippen molar-refractivity contribution in [1.29, 1.82) is 0 Å². The van der Waals surface area contributed by atoms with Crippen molar-refractivity contribution in [3.63, 3.8) is 0 Å². The molecule has 114 valence electrons. The van der Waals surface area contributed by atoms with Crippen LogP contribution in [0.25, 0.3) is 0 Å². The van der Waals surface area contributed by atoms with Crippen molar-refractivity contribution in [3.8, 4) is 5.75 Å². The number of nitrogens with zero attached hydrogens (tertiary/aromatic N) is 1. The van der Waals surface area contributed by atoms with Gasteiger partial charge in [0.25, 0.3) is 0 Å². The molecule has 1 aromatic carbocycles. The average Bonchev–Trinajstić information content (AvgIpc) is 2.49. The number of benzene rings is 1. The van der Waals surface area contributed by atoms with Crippen molar-refractivity contribution in [2.45, 2.75) is 20.1 Å². The molecule has 1 aliphatic rings. The minimum Gasteiger partial charge on any atom is -0.467 e. The Labute approximate surface area is 123 Å². The standard InChI is InChI=1S/C15H20FN3O2/c1-3-5-18-15(17-4-2)19-8-11-6-13(16)7-12-9-20-10-21-14(11)12/h3,6-7H,1,4-5,8-10H2,2H3,(H2,17,18,19). The van der Waals surface area contributed by atoms with Gasteiger partial charge in [0.15, 0.2) is 12.8 Å². The molecule has 0 aliphatic carbocycles. The lowest BCUT2D eigenvalue weighted by molar-refractivity contribution is -0.0172. The first kappa shape index (κ1) is 15.3. The Morgan fingerprint density at radius 3 is 3.10 bits per heavy atom. The number of ether oxygens (including phenoxy) is 2. The molecule has 0 saturated heterocycles. The fourth-order valence-corrected chi connectivity index (χ4v) is 2.05. The molecule has 2 N–H and O–H groups in total. The van der Waals surface area contributed by atoms with Crippen LogP contribution in [-0.2, 0) is 17.9 Å². The lowest BCUT2D eigenvalue weighted by Gasteiger charge is -2.20. The van der Waals surface area contributed by atoms with E-state index in [4.69, 9.17) is 9.47 Å². The monoisotopic (exact) mass is 293 g/mol. The molecule has 1 aliphatic heterocycles. The highest BCUT2D eigenvalue weighted by Gasteiger charge is 2.16. The number of hydrogen-bond acceptors (Lipinski definition) is 3. The van der Waals surface area contributed by atoms with Gasteiger partial charge in [-0.1, -0.05) is 6.08 Å². The molecular formula is C15H20FN3O2. The summed E-state index contributed by atoms with van der Waals surface area (Å²) in [4.78, 5) is 4.43. The van der Waals surface area contributed by atoms with Crippen LogP contribution in [0.2, 0.25) is 0 Å². The Kier molecular flexibility index (Phi) is 5.57. The predicted octanol–water partition coefficient (Wildman–Crippen LogP) is 1.93. The van der Waals surface area contributed by atoms with Crippen molar-refractivity contribution in [3.05, 3.63) is 41.7 Å². The van der Waals surface area contributed by atoms with Gasteiger partial charge in [-0.15, -0.1) is 6.58 Å². The minimum atomic E-state index is -0.308. The normalized spacial score (nSPS) is 14.1. The topological polar surface area (TPSA) is 54.9 Å². The Balaban J connectivity index is 2.17. The van der Waals surface area contributed by atoms with Gasteiger partial charge in [0, 0.05) is 24.2 Å². The lowest BCUT2D eigenvalue weighted by Crippen LogP contribution is -2.37. The summed E-state index contributed by atoms with van der Waals surface area (Å²) in [7, 11) is 0. The highest BCUT2D eigenvalue weighted by Crippen LogP contribution is 2.29. The zero-order valence-corrected chi connectivity index (χ0v) is 12.1. The molecule has 0 fully saturated rings. The Morgan fingerprint density at radius 1 is 1.48 bits per heavy atom. The van der Waals surface area contributed by atoms with Crippen molar-refractivity contribution in [2.24, 2.45) is 4.99 Å². The van der Waals surface area contributed by atoms with E-state index in [0.29, 0.717) is 37.0 Å². The van der Waals surface area contributed by atoms with Gasteiger partial charge in [-0.25, -0.2) is 9.38 Å². The molecule has 0 saturated carbocycles. The van der Waals surface area contributed by atoms with Crippen LogP contribution in [0.3, 0.4) is 0 Å². The Hall–Kier alpha value is -2.08. The number of halogens is 1. The van der Waals surface area contributed by atoms with Crippen LogP contribution < -0.4 is 15.4 Å². The summed E-state index contributed by atoms with van der Waals surface area (Å²) in [6, 6.07) is 2.88. The molecule has 0 aromatic heterocycles. The van der Waals surface area contributed by atoms with Gasteiger partial charge in [0.05, 0.1) is 13.2 Å². The van der Waals surface area contributed by atoms with Crippen LogP contribution in [0, 0.1) is 5.82 Å². The quantitative estimate of drug-likeness (QED) is 0.495. The van der Waals surface area contributed by atoms with Crippen LogP contribution in [0.4, 0.5) is 4.39 Å². The van der Waals surface area contributed by atoms with Crippen molar-refractivity contribution in [1.82, 2.24) is 10.6 Å². The van der Waals surface area contributed by atoms with Gasteiger partial charge >= 0.3 is 0 Å². The van der Waals surface area contributed by atoms with Gasteiger partial charge in [0.2, 0.25) is 0 Å². The molecule has 6 heteroatoms. The van der Waals surface area contributed by atoms with Crippen LogP contribution in [0.15, 0.2) is 29.8 Å². The van der Waals surface area contributed by atoms with E-state index in [1.807, 2.05) is 6.92 Å². The van der Waals surface area contributed by atoms with Crippen molar-refractivity contribution < 1.29 is 13.9 Å². The largest absolute Gasteiger partial charge is 0.467 e.